The number of hydrogen-bond acceptors (Lipinski definition) is 5. The Kier molecular flexibility index (Phi) is 6.60. The Morgan fingerprint density at radius 3 is 2.34 bits per heavy atom. The fourth-order valence-electron chi connectivity index (χ4n) is 3.68. The zero-order valence-electron chi connectivity index (χ0n) is 16.2. The first-order valence-corrected chi connectivity index (χ1v) is 13.2. The van der Waals surface area contributed by atoms with Crippen LogP contribution in [0.15, 0.2) is 46.0 Å². The first-order valence-electron chi connectivity index (χ1n) is 9.83. The molecule has 9 heteroatoms. The summed E-state index contributed by atoms with van der Waals surface area (Å²) < 4.78 is 28.6. The van der Waals surface area contributed by atoms with E-state index in [4.69, 9.17) is 0 Å². The molecule has 2 aliphatic rings. The van der Waals surface area contributed by atoms with E-state index in [2.05, 4.69) is 16.8 Å². The zero-order chi connectivity index (χ0) is 20.3. The average Bonchev–Trinajstić information content (AvgIpc) is 3.46. The number of thiophene rings is 1. The predicted octanol–water partition coefficient (Wildman–Crippen LogP) is 3.14. The van der Waals surface area contributed by atoms with Crippen molar-refractivity contribution in [2.45, 2.75) is 23.5 Å². The molecule has 2 fully saturated rings. The van der Waals surface area contributed by atoms with Gasteiger partial charge in [0.05, 0.1) is 5.56 Å². The molecule has 6 nitrogen and oxygen atoms in total. The van der Waals surface area contributed by atoms with Crippen LogP contribution in [0, 0.1) is 0 Å². The largest absolute Gasteiger partial charge is 0.336 e. The molecule has 0 N–H and O–H groups in total. The van der Waals surface area contributed by atoms with E-state index in [1.165, 1.54) is 9.87 Å². The summed E-state index contributed by atoms with van der Waals surface area (Å²) in [5, 5.41) is 4.18. The lowest BCUT2D eigenvalue weighted by Crippen LogP contribution is -2.53. The molecule has 1 aromatic heterocycles. The van der Waals surface area contributed by atoms with Crippen molar-refractivity contribution in [3.05, 3.63) is 52.2 Å². The number of thioether (sulfide) groups is 1. The van der Waals surface area contributed by atoms with Gasteiger partial charge in [0.2, 0.25) is 0 Å². The van der Waals surface area contributed by atoms with Crippen LogP contribution in [0.4, 0.5) is 0 Å². The van der Waals surface area contributed by atoms with Gasteiger partial charge in [-0.15, -0.1) is 11.8 Å². The molecule has 2 aromatic rings. The van der Waals surface area contributed by atoms with E-state index in [0.29, 0.717) is 44.8 Å². The maximum absolute atomic E-state index is 13.1. The van der Waals surface area contributed by atoms with Gasteiger partial charge >= 0.3 is 0 Å². The summed E-state index contributed by atoms with van der Waals surface area (Å²) in [6.45, 7) is 2.78. The van der Waals surface area contributed by atoms with Gasteiger partial charge < -0.3 is 4.90 Å². The van der Waals surface area contributed by atoms with Gasteiger partial charge in [-0.1, -0.05) is 12.1 Å². The molecule has 2 saturated heterocycles. The van der Waals surface area contributed by atoms with Crippen molar-refractivity contribution in [3.8, 4) is 0 Å². The van der Waals surface area contributed by atoms with Crippen LogP contribution in [0.3, 0.4) is 0 Å². The van der Waals surface area contributed by atoms with Crippen molar-refractivity contribution in [1.29, 1.82) is 0 Å². The third-order valence-electron chi connectivity index (χ3n) is 5.34. The highest BCUT2D eigenvalue weighted by Crippen LogP contribution is 2.28. The second-order valence-corrected chi connectivity index (χ2v) is 10.9. The number of carbonyl (C=O) groups is 1. The molecule has 4 rings (SSSR count). The van der Waals surface area contributed by atoms with Crippen molar-refractivity contribution in [2.24, 2.45) is 0 Å². The molecular weight excluding hydrogens is 426 g/mol. The Labute approximate surface area is 180 Å². The number of nitrogens with zero attached hydrogens (tertiary/aromatic N) is 3. The Bertz CT molecular complexity index is 933. The van der Waals surface area contributed by atoms with E-state index in [9.17, 15) is 13.2 Å². The van der Waals surface area contributed by atoms with Crippen LogP contribution in [-0.4, -0.2) is 67.1 Å². The Hall–Kier alpha value is -1.39. The number of amides is 1. The maximum atomic E-state index is 13.1. The van der Waals surface area contributed by atoms with Crippen molar-refractivity contribution in [3.63, 3.8) is 0 Å². The van der Waals surface area contributed by atoms with Crippen LogP contribution in [0.25, 0.3) is 0 Å². The molecule has 2 aliphatic heterocycles. The number of piperazine rings is 1. The normalized spacial score (nSPS) is 19.0. The molecule has 0 aliphatic carbocycles. The van der Waals surface area contributed by atoms with Crippen LogP contribution in [0.1, 0.15) is 28.8 Å². The first-order chi connectivity index (χ1) is 14.1. The molecule has 0 radical (unpaired) electrons. The minimum absolute atomic E-state index is 0.0170. The van der Waals surface area contributed by atoms with Gasteiger partial charge in [0.1, 0.15) is 0 Å². The lowest BCUT2D eigenvalue weighted by atomic mass is 10.2. The van der Waals surface area contributed by atoms with Gasteiger partial charge in [-0.25, -0.2) is 0 Å². The Morgan fingerprint density at radius 1 is 0.966 bits per heavy atom. The zero-order valence-corrected chi connectivity index (χ0v) is 18.6. The fraction of sp³-hybridized carbons (Fsp3) is 0.450. The van der Waals surface area contributed by atoms with Gasteiger partial charge in [0.15, 0.2) is 0 Å². The minimum atomic E-state index is -3.39. The van der Waals surface area contributed by atoms with Gasteiger partial charge in [-0.2, -0.15) is 28.4 Å². The fourth-order valence-corrected chi connectivity index (χ4v) is 7.11. The van der Waals surface area contributed by atoms with Gasteiger partial charge in [0.25, 0.3) is 16.1 Å². The van der Waals surface area contributed by atoms with E-state index in [1.807, 2.05) is 24.3 Å². The molecule has 3 heterocycles. The average molecular weight is 452 g/mol. The van der Waals surface area contributed by atoms with Crippen LogP contribution in [-0.2, 0) is 16.0 Å². The highest BCUT2D eigenvalue weighted by molar-refractivity contribution is 7.98. The molecule has 29 heavy (non-hydrogen) atoms. The molecule has 0 bridgehead atoms. The quantitative estimate of drug-likeness (QED) is 0.633. The van der Waals surface area contributed by atoms with Gasteiger partial charge in [-0.3, -0.25) is 4.79 Å². The second-order valence-electron chi connectivity index (χ2n) is 7.22. The molecule has 1 amide bonds. The Balaban J connectivity index is 1.39. The van der Waals surface area contributed by atoms with Crippen molar-refractivity contribution >= 4 is 39.2 Å². The second kappa shape index (κ2) is 9.18. The van der Waals surface area contributed by atoms with Crippen molar-refractivity contribution < 1.29 is 13.2 Å². The van der Waals surface area contributed by atoms with Crippen molar-refractivity contribution in [1.82, 2.24) is 13.5 Å². The summed E-state index contributed by atoms with van der Waals surface area (Å²) in [7, 11) is -3.39. The third kappa shape index (κ3) is 4.69. The molecular formula is C20H25N3O3S3. The standard InChI is InChI=1S/C20H25N3O3S3/c24-20(18-5-1-2-6-19(18)28-16-17-7-14-27-15-17)21-10-12-23(13-11-21)29(25,26)22-8-3-4-9-22/h1-2,5-7,14-15H,3-4,8-13,16H2. The van der Waals surface area contributed by atoms with E-state index in [1.54, 1.807) is 32.3 Å². The van der Waals surface area contributed by atoms with Crippen LogP contribution in [0.5, 0.6) is 0 Å². The number of hydrogen-bond donors (Lipinski definition) is 0. The van der Waals surface area contributed by atoms with E-state index in [-0.39, 0.29) is 5.91 Å². The number of rotatable bonds is 6. The summed E-state index contributed by atoms with van der Waals surface area (Å²) in [5.74, 6) is 0.812. The van der Waals surface area contributed by atoms with Crippen molar-refractivity contribution in [2.75, 3.05) is 39.3 Å². The minimum Gasteiger partial charge on any atom is -0.336 e. The topological polar surface area (TPSA) is 60.9 Å². The van der Waals surface area contributed by atoms with E-state index < -0.39 is 10.2 Å². The van der Waals surface area contributed by atoms with Crippen LogP contribution in [0.2, 0.25) is 0 Å². The molecule has 0 saturated carbocycles. The Morgan fingerprint density at radius 2 is 1.66 bits per heavy atom. The van der Waals surface area contributed by atoms with E-state index in [0.717, 1.165) is 23.5 Å². The summed E-state index contributed by atoms with van der Waals surface area (Å²) in [6, 6.07) is 9.79. The smallest absolute Gasteiger partial charge is 0.282 e. The van der Waals surface area contributed by atoms with Crippen LogP contribution < -0.4 is 0 Å². The summed E-state index contributed by atoms with van der Waals surface area (Å²) in [6.07, 6.45) is 1.86. The first kappa shape index (κ1) is 20.9. The molecule has 0 spiro atoms. The van der Waals surface area contributed by atoms with Gasteiger partial charge in [0, 0.05) is 49.9 Å². The van der Waals surface area contributed by atoms with Crippen LogP contribution >= 0.6 is 23.1 Å². The monoisotopic (exact) mass is 451 g/mol. The van der Waals surface area contributed by atoms with E-state index >= 15 is 0 Å². The number of benzene rings is 1. The number of carbonyl (C=O) groups excluding carboxylic acids is 1. The predicted molar refractivity (Wildman–Crippen MR) is 118 cm³/mol. The lowest BCUT2D eigenvalue weighted by molar-refractivity contribution is 0.0691. The highest BCUT2D eigenvalue weighted by Gasteiger charge is 2.35. The lowest BCUT2D eigenvalue weighted by Gasteiger charge is -2.36. The molecule has 1 aromatic carbocycles. The van der Waals surface area contributed by atoms with Gasteiger partial charge in [-0.05, 0) is 47.4 Å². The summed E-state index contributed by atoms with van der Waals surface area (Å²) in [4.78, 5) is 15.9. The third-order valence-corrected chi connectivity index (χ3v) is 9.25. The SMILES string of the molecule is O=C(c1ccccc1SCc1ccsc1)N1CCN(S(=O)(=O)N2CCCC2)CC1. The molecule has 0 atom stereocenters. The molecule has 156 valence electrons. The maximum Gasteiger partial charge on any atom is 0.282 e. The summed E-state index contributed by atoms with van der Waals surface area (Å²) in [5.41, 5.74) is 1.95. The highest BCUT2D eigenvalue weighted by atomic mass is 32.2. The summed E-state index contributed by atoms with van der Waals surface area (Å²) >= 11 is 3.34. The molecule has 0 unspecified atom stereocenters.